The molecular formula is C19H13FN4O4. The number of methoxy groups -OCH3 is 1. The van der Waals surface area contributed by atoms with Gasteiger partial charge < -0.3 is 9.47 Å². The molecule has 0 fully saturated rings. The summed E-state index contributed by atoms with van der Waals surface area (Å²) in [6, 6.07) is 13.8. The minimum Gasteiger partial charge on any atom is -0.497 e. The quantitative estimate of drug-likeness (QED) is 0.380. The lowest BCUT2D eigenvalue weighted by Gasteiger charge is -2.07. The molecule has 0 amide bonds. The van der Waals surface area contributed by atoms with Gasteiger partial charge in [0.05, 0.1) is 23.8 Å². The summed E-state index contributed by atoms with van der Waals surface area (Å²) in [4.78, 5) is 14.3. The first kappa shape index (κ1) is 17.4. The number of rotatable bonds is 5. The Hall–Kier alpha value is -4.01. The van der Waals surface area contributed by atoms with E-state index in [9.17, 15) is 14.5 Å². The van der Waals surface area contributed by atoms with Gasteiger partial charge in [-0.2, -0.15) is 9.61 Å². The molecule has 0 N–H and O–H groups in total. The molecule has 0 aliphatic heterocycles. The van der Waals surface area contributed by atoms with Crippen molar-refractivity contribution in [3.05, 3.63) is 76.7 Å². The fourth-order valence-corrected chi connectivity index (χ4v) is 2.65. The lowest BCUT2D eigenvalue weighted by Crippen LogP contribution is -1.99. The molecule has 2 aromatic carbocycles. The van der Waals surface area contributed by atoms with Crippen LogP contribution in [0.3, 0.4) is 0 Å². The first-order chi connectivity index (χ1) is 13.5. The van der Waals surface area contributed by atoms with Crippen LogP contribution in [0.25, 0.3) is 16.9 Å². The van der Waals surface area contributed by atoms with Crippen LogP contribution < -0.4 is 9.47 Å². The number of nitro benzene ring substituents is 1. The highest BCUT2D eigenvalue weighted by molar-refractivity contribution is 5.65. The number of non-ortho nitro benzene ring substituents is 1. The van der Waals surface area contributed by atoms with E-state index in [1.807, 2.05) is 24.3 Å². The smallest absolute Gasteiger partial charge is 0.272 e. The van der Waals surface area contributed by atoms with Crippen molar-refractivity contribution in [2.75, 3.05) is 7.11 Å². The van der Waals surface area contributed by atoms with Gasteiger partial charge in [0, 0.05) is 30.0 Å². The molecule has 0 radical (unpaired) electrons. The van der Waals surface area contributed by atoms with E-state index in [-0.39, 0.29) is 17.3 Å². The Morgan fingerprint density at radius 2 is 1.89 bits per heavy atom. The highest BCUT2D eigenvalue weighted by atomic mass is 19.1. The first-order valence-corrected chi connectivity index (χ1v) is 8.16. The molecule has 2 heterocycles. The lowest BCUT2D eigenvalue weighted by atomic mass is 10.1. The van der Waals surface area contributed by atoms with Crippen molar-refractivity contribution in [1.29, 1.82) is 0 Å². The fourth-order valence-electron chi connectivity index (χ4n) is 2.65. The molecule has 0 atom stereocenters. The largest absolute Gasteiger partial charge is 0.497 e. The van der Waals surface area contributed by atoms with Gasteiger partial charge in [0.15, 0.2) is 17.2 Å². The van der Waals surface area contributed by atoms with E-state index >= 15 is 0 Å². The molecular weight excluding hydrogens is 367 g/mol. The van der Waals surface area contributed by atoms with Crippen LogP contribution in [0.5, 0.6) is 17.4 Å². The van der Waals surface area contributed by atoms with Crippen molar-refractivity contribution in [3.8, 4) is 28.6 Å². The normalized spacial score (nSPS) is 10.8. The number of hydrogen-bond donors (Lipinski definition) is 0. The average Bonchev–Trinajstić information content (AvgIpc) is 3.14. The molecule has 0 aliphatic carbocycles. The second kappa shape index (κ2) is 6.95. The van der Waals surface area contributed by atoms with Crippen LogP contribution in [0.15, 0.2) is 60.8 Å². The van der Waals surface area contributed by atoms with Crippen LogP contribution in [-0.2, 0) is 0 Å². The molecule has 8 nitrogen and oxygen atoms in total. The van der Waals surface area contributed by atoms with Gasteiger partial charge in [0.2, 0.25) is 5.88 Å². The number of aromatic nitrogens is 3. The number of halogens is 1. The Labute approximate surface area is 157 Å². The molecule has 0 aliphatic rings. The van der Waals surface area contributed by atoms with E-state index < -0.39 is 10.7 Å². The first-order valence-electron chi connectivity index (χ1n) is 8.16. The summed E-state index contributed by atoms with van der Waals surface area (Å²) in [5.41, 5.74) is 1.64. The van der Waals surface area contributed by atoms with Crippen molar-refractivity contribution in [1.82, 2.24) is 14.6 Å². The highest BCUT2D eigenvalue weighted by Gasteiger charge is 2.15. The predicted octanol–water partition coefficient (Wildman–Crippen LogP) is 4.24. The highest BCUT2D eigenvalue weighted by Crippen LogP contribution is 2.29. The van der Waals surface area contributed by atoms with Crippen LogP contribution in [0, 0.1) is 15.9 Å². The number of fused-ring (bicyclic) bond motifs is 1. The average molecular weight is 380 g/mol. The molecule has 0 saturated carbocycles. The minimum absolute atomic E-state index is 0.153. The van der Waals surface area contributed by atoms with Gasteiger partial charge >= 0.3 is 0 Å². The Morgan fingerprint density at radius 1 is 1.11 bits per heavy atom. The van der Waals surface area contributed by atoms with Crippen molar-refractivity contribution in [3.63, 3.8) is 0 Å². The summed E-state index contributed by atoms with van der Waals surface area (Å²) in [6.07, 6.45) is 1.51. The Morgan fingerprint density at radius 3 is 2.57 bits per heavy atom. The second-order valence-electron chi connectivity index (χ2n) is 5.79. The second-order valence-corrected chi connectivity index (χ2v) is 5.79. The standard InChI is InChI=1S/C19H13FN4O4/c1-27-14-5-2-12(3-6-14)16-11-18-21-9-8-19(23(18)22-16)28-17-7-4-13(24(25)26)10-15(17)20/h2-11H,1H3. The van der Waals surface area contributed by atoms with E-state index in [1.54, 1.807) is 13.2 Å². The summed E-state index contributed by atoms with van der Waals surface area (Å²) in [6.45, 7) is 0. The minimum atomic E-state index is -0.846. The third-order valence-electron chi connectivity index (χ3n) is 4.05. The van der Waals surface area contributed by atoms with Gasteiger partial charge in [0.1, 0.15) is 5.75 Å². The molecule has 4 rings (SSSR count). The summed E-state index contributed by atoms with van der Waals surface area (Å²) >= 11 is 0. The molecule has 0 unspecified atom stereocenters. The van der Waals surface area contributed by atoms with Crippen molar-refractivity contribution in [2.45, 2.75) is 0 Å². The zero-order valence-corrected chi connectivity index (χ0v) is 14.6. The molecule has 0 spiro atoms. The molecule has 2 aromatic heterocycles. The molecule has 9 heteroatoms. The van der Waals surface area contributed by atoms with Gasteiger partial charge in [-0.05, 0) is 30.3 Å². The summed E-state index contributed by atoms with van der Waals surface area (Å²) in [7, 11) is 1.59. The third kappa shape index (κ3) is 3.20. The molecule has 4 aromatic rings. The van der Waals surface area contributed by atoms with Crippen LogP contribution in [0.2, 0.25) is 0 Å². The maximum atomic E-state index is 14.2. The van der Waals surface area contributed by atoms with Gasteiger partial charge in [-0.3, -0.25) is 10.1 Å². The Balaban J connectivity index is 1.70. The number of hydrogen-bond acceptors (Lipinski definition) is 6. The number of nitro groups is 1. The van der Waals surface area contributed by atoms with Crippen molar-refractivity contribution >= 4 is 11.3 Å². The zero-order valence-electron chi connectivity index (χ0n) is 14.6. The van der Waals surface area contributed by atoms with Gasteiger partial charge in [0.25, 0.3) is 5.69 Å². The summed E-state index contributed by atoms with van der Waals surface area (Å²) in [5.74, 6) is -0.0536. The molecule has 0 bridgehead atoms. The zero-order chi connectivity index (χ0) is 19.7. The molecule has 0 saturated heterocycles. The number of benzene rings is 2. The van der Waals surface area contributed by atoms with E-state index in [2.05, 4.69) is 10.1 Å². The SMILES string of the molecule is COc1ccc(-c2cc3nccc(Oc4ccc([N+](=O)[O-])cc4F)n3n2)cc1. The summed E-state index contributed by atoms with van der Waals surface area (Å²) in [5, 5.41) is 15.2. The molecule has 28 heavy (non-hydrogen) atoms. The van der Waals surface area contributed by atoms with Crippen LogP contribution in [0.4, 0.5) is 10.1 Å². The topological polar surface area (TPSA) is 91.8 Å². The number of ether oxygens (including phenoxy) is 2. The Kier molecular flexibility index (Phi) is 4.32. The Bertz CT molecular complexity index is 1170. The summed E-state index contributed by atoms with van der Waals surface area (Å²) < 4.78 is 26.3. The van der Waals surface area contributed by atoms with Crippen LogP contribution in [-0.4, -0.2) is 26.6 Å². The maximum absolute atomic E-state index is 14.2. The monoisotopic (exact) mass is 380 g/mol. The van der Waals surface area contributed by atoms with E-state index in [1.165, 1.54) is 28.9 Å². The van der Waals surface area contributed by atoms with Crippen molar-refractivity contribution < 1.29 is 18.8 Å². The fraction of sp³-hybridized carbons (Fsp3) is 0.0526. The lowest BCUT2D eigenvalue weighted by molar-refractivity contribution is -0.385. The molecule has 140 valence electrons. The third-order valence-corrected chi connectivity index (χ3v) is 4.05. The maximum Gasteiger partial charge on any atom is 0.272 e. The predicted molar refractivity (Wildman–Crippen MR) is 98.1 cm³/mol. The number of nitrogens with zero attached hydrogens (tertiary/aromatic N) is 4. The van der Waals surface area contributed by atoms with Crippen molar-refractivity contribution in [2.24, 2.45) is 0 Å². The van der Waals surface area contributed by atoms with E-state index in [0.29, 0.717) is 11.3 Å². The van der Waals surface area contributed by atoms with Gasteiger partial charge in [-0.1, -0.05) is 0 Å². The van der Waals surface area contributed by atoms with E-state index in [0.717, 1.165) is 17.4 Å². The van der Waals surface area contributed by atoms with Crippen LogP contribution >= 0.6 is 0 Å². The van der Waals surface area contributed by atoms with Gasteiger partial charge in [-0.15, -0.1) is 0 Å². The van der Waals surface area contributed by atoms with Crippen LogP contribution in [0.1, 0.15) is 0 Å². The van der Waals surface area contributed by atoms with Gasteiger partial charge in [-0.25, -0.2) is 9.37 Å². The van der Waals surface area contributed by atoms with E-state index in [4.69, 9.17) is 9.47 Å².